The first-order valence-corrected chi connectivity index (χ1v) is 8.96. The zero-order valence-corrected chi connectivity index (χ0v) is 14.5. The smallest absolute Gasteiger partial charge is 0.237 e. The number of amides is 2. The molecule has 2 aliphatic heterocycles. The first-order chi connectivity index (χ1) is 11.1. The van der Waals surface area contributed by atoms with Gasteiger partial charge in [0.05, 0.1) is 25.2 Å². The summed E-state index contributed by atoms with van der Waals surface area (Å²) in [6.07, 6.45) is 4.70. The second-order valence-electron chi connectivity index (χ2n) is 6.91. The van der Waals surface area contributed by atoms with Crippen LogP contribution in [0.3, 0.4) is 0 Å². The summed E-state index contributed by atoms with van der Waals surface area (Å²) in [4.78, 5) is 26.2. The first kappa shape index (κ1) is 18.2. The maximum absolute atomic E-state index is 12.2. The van der Waals surface area contributed by atoms with Crippen LogP contribution in [0.4, 0.5) is 0 Å². The molecule has 6 nitrogen and oxygen atoms in total. The number of hydrogen-bond acceptors (Lipinski definition) is 4. The second kappa shape index (κ2) is 9.23. The lowest BCUT2D eigenvalue weighted by Crippen LogP contribution is -2.46. The highest BCUT2D eigenvalue weighted by Gasteiger charge is 2.26. The van der Waals surface area contributed by atoms with Crippen LogP contribution in [-0.4, -0.2) is 61.6 Å². The van der Waals surface area contributed by atoms with Gasteiger partial charge in [0.25, 0.3) is 0 Å². The molecule has 6 heteroatoms. The van der Waals surface area contributed by atoms with Gasteiger partial charge in [-0.15, -0.1) is 0 Å². The predicted molar refractivity (Wildman–Crippen MR) is 89.0 cm³/mol. The molecule has 132 valence electrons. The highest BCUT2D eigenvalue weighted by molar-refractivity contribution is 5.82. The zero-order chi connectivity index (χ0) is 16.7. The molecule has 0 radical (unpaired) electrons. The van der Waals surface area contributed by atoms with Gasteiger partial charge in [-0.25, -0.2) is 0 Å². The van der Waals surface area contributed by atoms with Crippen LogP contribution in [0.1, 0.15) is 46.0 Å². The largest absolute Gasteiger partial charge is 0.378 e. The molecule has 23 heavy (non-hydrogen) atoms. The number of likely N-dealkylation sites (tertiary alicyclic amines) is 1. The van der Waals surface area contributed by atoms with Gasteiger partial charge in [0.1, 0.15) is 0 Å². The van der Waals surface area contributed by atoms with Crippen molar-refractivity contribution in [3.8, 4) is 0 Å². The average molecular weight is 325 g/mol. The Morgan fingerprint density at radius 3 is 2.83 bits per heavy atom. The van der Waals surface area contributed by atoms with Gasteiger partial charge >= 0.3 is 0 Å². The van der Waals surface area contributed by atoms with E-state index in [0.717, 1.165) is 45.3 Å². The average Bonchev–Trinajstić information content (AvgIpc) is 3.07. The molecular weight excluding hydrogens is 294 g/mol. The number of hydrogen-bond donors (Lipinski definition) is 2. The third-order valence-corrected chi connectivity index (χ3v) is 4.58. The molecular formula is C17H31N3O3. The molecule has 2 saturated heterocycles. The summed E-state index contributed by atoms with van der Waals surface area (Å²) in [6, 6.07) is -0.0236. The number of carbonyl (C=O) groups is 2. The van der Waals surface area contributed by atoms with Crippen LogP contribution in [0.15, 0.2) is 0 Å². The molecule has 0 aromatic heterocycles. The van der Waals surface area contributed by atoms with Crippen LogP contribution >= 0.6 is 0 Å². The Hall–Kier alpha value is -1.14. The van der Waals surface area contributed by atoms with Crippen molar-refractivity contribution in [2.75, 3.05) is 32.8 Å². The molecule has 0 saturated carbocycles. The van der Waals surface area contributed by atoms with Gasteiger partial charge in [-0.3, -0.25) is 9.59 Å². The van der Waals surface area contributed by atoms with Gasteiger partial charge in [-0.2, -0.15) is 0 Å². The third kappa shape index (κ3) is 6.11. The second-order valence-corrected chi connectivity index (χ2v) is 6.91. The van der Waals surface area contributed by atoms with Crippen molar-refractivity contribution in [1.82, 2.24) is 15.5 Å². The van der Waals surface area contributed by atoms with E-state index in [1.165, 1.54) is 0 Å². The Morgan fingerprint density at radius 2 is 2.13 bits per heavy atom. The lowest BCUT2D eigenvalue weighted by atomic mass is 9.97. The van der Waals surface area contributed by atoms with Crippen LogP contribution in [0.5, 0.6) is 0 Å². The van der Waals surface area contributed by atoms with E-state index in [-0.39, 0.29) is 24.0 Å². The van der Waals surface area contributed by atoms with E-state index in [1.807, 2.05) is 18.7 Å². The molecule has 0 aromatic rings. The lowest BCUT2D eigenvalue weighted by molar-refractivity contribution is -0.134. The van der Waals surface area contributed by atoms with Crippen molar-refractivity contribution in [3.63, 3.8) is 0 Å². The Labute approximate surface area is 139 Å². The van der Waals surface area contributed by atoms with E-state index in [2.05, 4.69) is 10.6 Å². The number of ether oxygens (including phenoxy) is 1. The first-order valence-electron chi connectivity index (χ1n) is 8.96. The summed E-state index contributed by atoms with van der Waals surface area (Å²) in [5.41, 5.74) is 0. The number of rotatable bonds is 7. The van der Waals surface area contributed by atoms with E-state index in [4.69, 9.17) is 4.74 Å². The van der Waals surface area contributed by atoms with E-state index in [0.29, 0.717) is 25.5 Å². The quantitative estimate of drug-likeness (QED) is 0.730. The van der Waals surface area contributed by atoms with Crippen LogP contribution in [0.2, 0.25) is 0 Å². The maximum Gasteiger partial charge on any atom is 0.237 e. The van der Waals surface area contributed by atoms with Gasteiger partial charge in [0.15, 0.2) is 0 Å². The van der Waals surface area contributed by atoms with E-state index in [9.17, 15) is 9.59 Å². The van der Waals surface area contributed by atoms with Gasteiger partial charge in [0.2, 0.25) is 11.8 Å². The maximum atomic E-state index is 12.2. The fraction of sp³-hybridized carbons (Fsp3) is 0.882. The third-order valence-electron chi connectivity index (χ3n) is 4.58. The molecule has 2 unspecified atom stereocenters. The molecule has 2 amide bonds. The lowest BCUT2D eigenvalue weighted by Gasteiger charge is -2.33. The summed E-state index contributed by atoms with van der Waals surface area (Å²) < 4.78 is 5.45. The predicted octanol–water partition coefficient (Wildman–Crippen LogP) is 0.908. The van der Waals surface area contributed by atoms with Crippen LogP contribution in [0, 0.1) is 5.92 Å². The molecule has 2 N–H and O–H groups in total. The molecule has 0 aliphatic carbocycles. The molecule has 2 atom stereocenters. The van der Waals surface area contributed by atoms with Crippen molar-refractivity contribution in [1.29, 1.82) is 0 Å². The fourth-order valence-corrected chi connectivity index (χ4v) is 3.27. The standard InChI is InChI=1S/C17H31N3O3/c1-13(2)23-10-7-16(21)20-9-4-5-14(12-20)11-19-17(22)15-6-3-8-18-15/h13-15,18H,3-12H2,1-2H3,(H,19,22). The highest BCUT2D eigenvalue weighted by Crippen LogP contribution is 2.17. The summed E-state index contributed by atoms with van der Waals surface area (Å²) >= 11 is 0. The Bertz CT molecular complexity index is 395. The monoisotopic (exact) mass is 325 g/mol. The van der Waals surface area contributed by atoms with Gasteiger partial charge in [0, 0.05) is 19.6 Å². The van der Waals surface area contributed by atoms with Crippen molar-refractivity contribution in [2.24, 2.45) is 5.92 Å². The Balaban J connectivity index is 1.68. The summed E-state index contributed by atoms with van der Waals surface area (Å²) in [5.74, 6) is 0.638. The molecule has 0 spiro atoms. The number of nitrogens with one attached hydrogen (secondary N) is 2. The normalized spacial score (nSPS) is 24.9. The molecule has 2 rings (SSSR count). The van der Waals surface area contributed by atoms with Crippen LogP contribution < -0.4 is 10.6 Å². The van der Waals surface area contributed by atoms with Gasteiger partial charge in [-0.1, -0.05) is 0 Å². The molecule has 2 fully saturated rings. The molecule has 2 aliphatic rings. The van der Waals surface area contributed by atoms with Crippen molar-refractivity contribution >= 4 is 11.8 Å². The van der Waals surface area contributed by atoms with Crippen LogP contribution in [-0.2, 0) is 14.3 Å². The van der Waals surface area contributed by atoms with E-state index >= 15 is 0 Å². The van der Waals surface area contributed by atoms with Crippen LogP contribution in [0.25, 0.3) is 0 Å². The molecule has 0 bridgehead atoms. The number of nitrogens with zero attached hydrogens (tertiary/aromatic N) is 1. The summed E-state index contributed by atoms with van der Waals surface area (Å²) in [5, 5.41) is 6.26. The fourth-order valence-electron chi connectivity index (χ4n) is 3.27. The van der Waals surface area contributed by atoms with Gasteiger partial charge in [-0.05, 0) is 52.0 Å². The summed E-state index contributed by atoms with van der Waals surface area (Å²) in [7, 11) is 0. The summed E-state index contributed by atoms with van der Waals surface area (Å²) in [6.45, 7) is 7.62. The minimum Gasteiger partial charge on any atom is -0.378 e. The topological polar surface area (TPSA) is 70.7 Å². The molecule has 2 heterocycles. The SMILES string of the molecule is CC(C)OCCC(=O)N1CCCC(CNC(=O)C2CCCN2)C1. The molecule has 0 aromatic carbocycles. The Morgan fingerprint density at radius 1 is 1.30 bits per heavy atom. The highest BCUT2D eigenvalue weighted by atomic mass is 16.5. The van der Waals surface area contributed by atoms with Crippen molar-refractivity contribution < 1.29 is 14.3 Å². The van der Waals surface area contributed by atoms with Crippen molar-refractivity contribution in [2.45, 2.75) is 58.1 Å². The Kier molecular flexibility index (Phi) is 7.30. The number of piperidine rings is 1. The van der Waals surface area contributed by atoms with Gasteiger partial charge < -0.3 is 20.3 Å². The zero-order valence-electron chi connectivity index (χ0n) is 14.5. The van der Waals surface area contributed by atoms with Crippen molar-refractivity contribution in [3.05, 3.63) is 0 Å². The minimum atomic E-state index is -0.0236. The van der Waals surface area contributed by atoms with E-state index < -0.39 is 0 Å². The minimum absolute atomic E-state index is 0.0236. The van der Waals surface area contributed by atoms with E-state index in [1.54, 1.807) is 0 Å². The number of carbonyl (C=O) groups excluding carboxylic acids is 2.